The second-order valence-corrected chi connectivity index (χ2v) is 8.01. The van der Waals surface area contributed by atoms with Crippen LogP contribution in [-0.2, 0) is 15.6 Å². The van der Waals surface area contributed by atoms with Gasteiger partial charge >= 0.3 is 0 Å². The maximum Gasteiger partial charge on any atom is 0.185 e. The number of rotatable bonds is 6. The fraction of sp³-hybridized carbons (Fsp3) is 0.278. The molecule has 1 aromatic heterocycles. The standard InChI is InChI=1S/C18H20N4O3S/c1-22-17(12-23)15(11-21-22)6-3-14-4-7-16(8-5-14)26(24,25)13-18-19-9-2-10-20-18/h2-11,15,17,23H,12-13H2,1H3/b6-3+. The molecule has 26 heavy (non-hydrogen) atoms. The van der Waals surface area contributed by atoms with Crippen LogP contribution >= 0.6 is 0 Å². The first kappa shape index (κ1) is 18.2. The third kappa shape index (κ3) is 4.14. The monoisotopic (exact) mass is 372 g/mol. The maximum atomic E-state index is 12.4. The summed E-state index contributed by atoms with van der Waals surface area (Å²) in [5.41, 5.74) is 0.875. The third-order valence-electron chi connectivity index (χ3n) is 4.22. The Hall–Kier alpha value is -2.58. The average molecular weight is 372 g/mol. The Morgan fingerprint density at radius 1 is 1.19 bits per heavy atom. The van der Waals surface area contributed by atoms with Gasteiger partial charge in [-0.15, -0.1) is 0 Å². The van der Waals surface area contributed by atoms with Crippen molar-refractivity contribution in [2.24, 2.45) is 11.0 Å². The number of hydrogen-bond acceptors (Lipinski definition) is 7. The van der Waals surface area contributed by atoms with Crippen molar-refractivity contribution in [2.45, 2.75) is 16.7 Å². The minimum absolute atomic E-state index is 0.0173. The van der Waals surface area contributed by atoms with Crippen molar-refractivity contribution < 1.29 is 13.5 Å². The van der Waals surface area contributed by atoms with E-state index in [-0.39, 0.29) is 35.0 Å². The highest BCUT2D eigenvalue weighted by Crippen LogP contribution is 2.19. The minimum atomic E-state index is -3.49. The third-order valence-corrected chi connectivity index (χ3v) is 5.85. The normalized spacial score (nSPS) is 20.2. The second-order valence-electron chi connectivity index (χ2n) is 6.02. The molecule has 0 fully saturated rings. The molecule has 2 atom stereocenters. The number of hydrazone groups is 1. The van der Waals surface area contributed by atoms with Gasteiger partial charge in [-0.05, 0) is 23.8 Å². The van der Waals surface area contributed by atoms with Crippen LogP contribution in [-0.4, -0.2) is 54.4 Å². The van der Waals surface area contributed by atoms with Crippen molar-refractivity contribution in [2.75, 3.05) is 13.7 Å². The summed E-state index contributed by atoms with van der Waals surface area (Å²) in [7, 11) is -1.67. The molecule has 2 unspecified atom stereocenters. The highest BCUT2D eigenvalue weighted by Gasteiger charge is 2.25. The van der Waals surface area contributed by atoms with Crippen molar-refractivity contribution in [1.29, 1.82) is 0 Å². The summed E-state index contributed by atoms with van der Waals surface area (Å²) in [6.07, 6.45) is 8.69. The van der Waals surface area contributed by atoms with E-state index in [1.165, 1.54) is 12.4 Å². The van der Waals surface area contributed by atoms with E-state index in [2.05, 4.69) is 15.1 Å². The van der Waals surface area contributed by atoms with Crippen LogP contribution in [0.1, 0.15) is 11.4 Å². The molecule has 7 nitrogen and oxygen atoms in total. The number of aliphatic hydroxyl groups excluding tert-OH is 1. The van der Waals surface area contributed by atoms with E-state index in [0.717, 1.165) is 5.56 Å². The van der Waals surface area contributed by atoms with Crippen LogP contribution in [0, 0.1) is 5.92 Å². The molecule has 0 spiro atoms. The molecule has 0 amide bonds. The Morgan fingerprint density at radius 2 is 1.88 bits per heavy atom. The molecule has 0 bridgehead atoms. The van der Waals surface area contributed by atoms with E-state index < -0.39 is 9.84 Å². The number of benzene rings is 1. The number of likely N-dealkylation sites (N-methyl/N-ethyl adjacent to an activating group) is 1. The average Bonchev–Trinajstić information content (AvgIpc) is 3.00. The molecule has 1 aliphatic heterocycles. The molecule has 8 heteroatoms. The summed E-state index contributed by atoms with van der Waals surface area (Å²) in [5, 5.41) is 15.3. The molecule has 0 radical (unpaired) electrons. The van der Waals surface area contributed by atoms with Gasteiger partial charge < -0.3 is 5.11 Å². The van der Waals surface area contributed by atoms with Gasteiger partial charge in [-0.1, -0.05) is 24.3 Å². The zero-order valence-corrected chi connectivity index (χ0v) is 15.1. The lowest BCUT2D eigenvalue weighted by Crippen LogP contribution is -2.31. The fourth-order valence-corrected chi connectivity index (χ4v) is 3.91. The SMILES string of the molecule is CN1N=CC(/C=C/c2ccc(S(=O)(=O)Cc3ncccn3)cc2)C1CO. The maximum absolute atomic E-state index is 12.4. The summed E-state index contributed by atoms with van der Waals surface area (Å²) in [6, 6.07) is 8.23. The lowest BCUT2D eigenvalue weighted by molar-refractivity contribution is 0.154. The van der Waals surface area contributed by atoms with Crippen LogP contribution in [0.4, 0.5) is 0 Å². The van der Waals surface area contributed by atoms with Crippen molar-refractivity contribution in [3.63, 3.8) is 0 Å². The van der Waals surface area contributed by atoms with Crippen molar-refractivity contribution in [3.05, 3.63) is 60.2 Å². The summed E-state index contributed by atoms with van der Waals surface area (Å²) in [5.74, 6) is 0.0614. The number of sulfone groups is 1. The molecule has 3 rings (SSSR count). The summed E-state index contributed by atoms with van der Waals surface area (Å²) in [6.45, 7) is 0.0181. The number of aromatic nitrogens is 2. The first-order valence-electron chi connectivity index (χ1n) is 8.14. The largest absolute Gasteiger partial charge is 0.394 e. The van der Waals surface area contributed by atoms with Gasteiger partial charge in [0.05, 0.1) is 17.5 Å². The number of aliphatic hydroxyl groups is 1. The summed E-state index contributed by atoms with van der Waals surface area (Å²) < 4.78 is 24.9. The van der Waals surface area contributed by atoms with Crippen LogP contribution in [0.2, 0.25) is 0 Å². The highest BCUT2D eigenvalue weighted by molar-refractivity contribution is 7.90. The van der Waals surface area contributed by atoms with Gasteiger partial charge in [-0.25, -0.2) is 18.4 Å². The van der Waals surface area contributed by atoms with Crippen molar-refractivity contribution >= 4 is 22.1 Å². The molecule has 1 aromatic carbocycles. The minimum Gasteiger partial charge on any atom is -0.394 e. The number of nitrogens with zero attached hydrogens (tertiary/aromatic N) is 4. The van der Waals surface area contributed by atoms with Crippen molar-refractivity contribution in [1.82, 2.24) is 15.0 Å². The smallest absolute Gasteiger partial charge is 0.185 e. The van der Waals surface area contributed by atoms with Gasteiger partial charge in [0, 0.05) is 31.6 Å². The Balaban J connectivity index is 1.70. The van der Waals surface area contributed by atoms with E-state index in [4.69, 9.17) is 0 Å². The number of hydrogen-bond donors (Lipinski definition) is 1. The van der Waals surface area contributed by atoms with Gasteiger partial charge in [0.15, 0.2) is 9.84 Å². The first-order valence-corrected chi connectivity index (χ1v) is 9.79. The van der Waals surface area contributed by atoms with E-state index in [0.29, 0.717) is 0 Å². The zero-order valence-electron chi connectivity index (χ0n) is 14.3. The lowest BCUT2D eigenvalue weighted by Gasteiger charge is -2.19. The molecular weight excluding hydrogens is 352 g/mol. The fourth-order valence-electron chi connectivity index (χ4n) is 2.70. The van der Waals surface area contributed by atoms with Crippen molar-refractivity contribution in [3.8, 4) is 0 Å². The van der Waals surface area contributed by atoms with Crippen LogP contribution in [0.15, 0.2) is 58.8 Å². The van der Waals surface area contributed by atoms with Crippen LogP contribution in [0.3, 0.4) is 0 Å². The van der Waals surface area contributed by atoms with E-state index >= 15 is 0 Å². The van der Waals surface area contributed by atoms with Gasteiger partial charge in [-0.3, -0.25) is 5.01 Å². The first-order chi connectivity index (χ1) is 12.5. The second kappa shape index (κ2) is 7.76. The summed E-state index contributed by atoms with van der Waals surface area (Å²) in [4.78, 5) is 8.16. The quantitative estimate of drug-likeness (QED) is 0.823. The molecule has 2 heterocycles. The van der Waals surface area contributed by atoms with Crippen LogP contribution in [0.25, 0.3) is 6.08 Å². The molecule has 0 aliphatic carbocycles. The summed E-state index contributed by atoms with van der Waals surface area (Å²) >= 11 is 0. The van der Waals surface area contributed by atoms with Gasteiger partial charge in [0.1, 0.15) is 11.6 Å². The predicted octanol–water partition coefficient (Wildman–Crippen LogP) is 1.37. The Morgan fingerprint density at radius 3 is 2.54 bits per heavy atom. The molecule has 1 aliphatic rings. The topological polar surface area (TPSA) is 95.8 Å². The molecular formula is C18H20N4O3S. The van der Waals surface area contributed by atoms with E-state index in [9.17, 15) is 13.5 Å². The van der Waals surface area contributed by atoms with Gasteiger partial charge in [0.25, 0.3) is 0 Å². The Bertz CT molecular complexity index is 896. The molecule has 0 saturated heterocycles. The highest BCUT2D eigenvalue weighted by atomic mass is 32.2. The van der Waals surface area contributed by atoms with E-state index in [1.807, 2.05) is 19.2 Å². The molecule has 136 valence electrons. The van der Waals surface area contributed by atoms with Crippen LogP contribution < -0.4 is 0 Å². The predicted molar refractivity (Wildman–Crippen MR) is 99.0 cm³/mol. The van der Waals surface area contributed by atoms with Gasteiger partial charge in [0.2, 0.25) is 0 Å². The molecule has 0 saturated carbocycles. The Labute approximate surface area is 152 Å². The lowest BCUT2D eigenvalue weighted by atomic mass is 10.0. The molecule has 1 N–H and O–H groups in total. The van der Waals surface area contributed by atoms with Crippen LogP contribution in [0.5, 0.6) is 0 Å². The Kier molecular flexibility index (Phi) is 5.43. The molecule has 2 aromatic rings. The van der Waals surface area contributed by atoms with E-state index in [1.54, 1.807) is 41.6 Å². The van der Waals surface area contributed by atoms with Gasteiger partial charge in [-0.2, -0.15) is 5.10 Å². The zero-order chi connectivity index (χ0) is 18.6.